The highest BCUT2D eigenvalue weighted by Crippen LogP contribution is 2.15. The van der Waals surface area contributed by atoms with E-state index in [1.165, 1.54) is 0 Å². The van der Waals surface area contributed by atoms with Crippen LogP contribution in [0, 0.1) is 5.92 Å². The number of ketones is 1. The van der Waals surface area contributed by atoms with Gasteiger partial charge in [-0.1, -0.05) is 0 Å². The van der Waals surface area contributed by atoms with Gasteiger partial charge in [0.05, 0.1) is 0 Å². The van der Waals surface area contributed by atoms with Crippen molar-refractivity contribution < 1.29 is 4.79 Å². The van der Waals surface area contributed by atoms with E-state index in [1.807, 2.05) is 12.1 Å². The highest BCUT2D eigenvalue weighted by molar-refractivity contribution is 5.83. The fourth-order valence-electron chi connectivity index (χ4n) is 1.99. The summed E-state index contributed by atoms with van der Waals surface area (Å²) in [4.78, 5) is 15.9. The summed E-state index contributed by atoms with van der Waals surface area (Å²) in [5.74, 6) is 0.641. The molecule has 0 aromatic carbocycles. The van der Waals surface area contributed by atoms with Gasteiger partial charge < -0.3 is 5.32 Å². The van der Waals surface area contributed by atoms with Crippen LogP contribution in [0.3, 0.4) is 0 Å². The van der Waals surface area contributed by atoms with Crippen LogP contribution in [-0.4, -0.2) is 23.9 Å². The van der Waals surface area contributed by atoms with Gasteiger partial charge in [0.15, 0.2) is 0 Å². The first-order valence-electron chi connectivity index (χ1n) is 5.48. The molecule has 3 heteroatoms. The molecule has 0 atom stereocenters. The lowest BCUT2D eigenvalue weighted by molar-refractivity contribution is -0.122. The monoisotopic (exact) mass is 204 g/mol. The van der Waals surface area contributed by atoms with E-state index in [4.69, 9.17) is 0 Å². The molecule has 0 spiro atoms. The SMILES string of the molecule is O=C(Cc1ccncc1)C1CCNCC1. The third-order valence-electron chi connectivity index (χ3n) is 2.92. The van der Waals surface area contributed by atoms with Crippen LogP contribution in [-0.2, 0) is 11.2 Å². The first kappa shape index (κ1) is 10.3. The number of aromatic nitrogens is 1. The Morgan fingerprint density at radius 2 is 2.00 bits per heavy atom. The van der Waals surface area contributed by atoms with Crippen molar-refractivity contribution in [3.8, 4) is 0 Å². The highest BCUT2D eigenvalue weighted by Gasteiger charge is 2.20. The zero-order chi connectivity index (χ0) is 10.5. The topological polar surface area (TPSA) is 42.0 Å². The molecule has 1 aliphatic heterocycles. The first-order chi connectivity index (χ1) is 7.36. The first-order valence-corrected chi connectivity index (χ1v) is 5.48. The summed E-state index contributed by atoms with van der Waals surface area (Å²) < 4.78 is 0. The van der Waals surface area contributed by atoms with Gasteiger partial charge in [0, 0.05) is 24.7 Å². The number of hydrogen-bond acceptors (Lipinski definition) is 3. The second-order valence-corrected chi connectivity index (χ2v) is 4.02. The van der Waals surface area contributed by atoms with E-state index in [0.29, 0.717) is 12.2 Å². The van der Waals surface area contributed by atoms with E-state index in [-0.39, 0.29) is 5.92 Å². The van der Waals surface area contributed by atoms with Crippen LogP contribution in [0.5, 0.6) is 0 Å². The van der Waals surface area contributed by atoms with E-state index in [0.717, 1.165) is 31.5 Å². The van der Waals surface area contributed by atoms with Crippen LogP contribution in [0.25, 0.3) is 0 Å². The van der Waals surface area contributed by atoms with Crippen molar-refractivity contribution in [2.75, 3.05) is 13.1 Å². The minimum atomic E-state index is 0.263. The van der Waals surface area contributed by atoms with Crippen molar-refractivity contribution in [3.05, 3.63) is 30.1 Å². The maximum atomic E-state index is 11.9. The van der Waals surface area contributed by atoms with Gasteiger partial charge in [-0.05, 0) is 43.6 Å². The van der Waals surface area contributed by atoms with Crippen molar-refractivity contribution in [3.63, 3.8) is 0 Å². The predicted molar refractivity (Wildman–Crippen MR) is 58.5 cm³/mol. The summed E-state index contributed by atoms with van der Waals surface area (Å²) >= 11 is 0. The molecule has 1 fully saturated rings. The van der Waals surface area contributed by atoms with Crippen molar-refractivity contribution >= 4 is 5.78 Å². The number of hydrogen-bond donors (Lipinski definition) is 1. The molecule has 0 amide bonds. The number of rotatable bonds is 3. The zero-order valence-corrected chi connectivity index (χ0v) is 8.78. The smallest absolute Gasteiger partial charge is 0.140 e. The number of piperidine rings is 1. The van der Waals surface area contributed by atoms with E-state index in [2.05, 4.69) is 10.3 Å². The number of pyridine rings is 1. The molecule has 15 heavy (non-hydrogen) atoms. The normalized spacial score (nSPS) is 17.6. The standard InChI is InChI=1S/C12H16N2O/c15-12(11-3-7-14-8-4-11)9-10-1-5-13-6-2-10/h1-2,5-6,11,14H,3-4,7-9H2. The average molecular weight is 204 g/mol. The molecule has 2 rings (SSSR count). The van der Waals surface area contributed by atoms with Crippen LogP contribution in [0.1, 0.15) is 18.4 Å². The van der Waals surface area contributed by atoms with Crippen LogP contribution in [0.2, 0.25) is 0 Å². The summed E-state index contributed by atoms with van der Waals surface area (Å²) in [5.41, 5.74) is 1.08. The molecule has 80 valence electrons. The third kappa shape index (κ3) is 2.86. The Kier molecular flexibility index (Phi) is 3.45. The van der Waals surface area contributed by atoms with Gasteiger partial charge in [-0.15, -0.1) is 0 Å². The van der Waals surface area contributed by atoms with Gasteiger partial charge in [0.25, 0.3) is 0 Å². The Morgan fingerprint density at radius 1 is 1.33 bits per heavy atom. The van der Waals surface area contributed by atoms with Gasteiger partial charge >= 0.3 is 0 Å². The molecule has 1 saturated heterocycles. The maximum Gasteiger partial charge on any atom is 0.140 e. The van der Waals surface area contributed by atoms with E-state index >= 15 is 0 Å². The number of carbonyl (C=O) groups excluding carboxylic acids is 1. The van der Waals surface area contributed by atoms with E-state index in [9.17, 15) is 4.79 Å². The number of carbonyl (C=O) groups is 1. The Hall–Kier alpha value is -1.22. The zero-order valence-electron chi connectivity index (χ0n) is 8.78. The molecule has 1 aliphatic rings. The molecule has 1 aromatic rings. The van der Waals surface area contributed by atoms with Crippen molar-refractivity contribution in [2.45, 2.75) is 19.3 Å². The Balaban J connectivity index is 1.91. The Morgan fingerprint density at radius 3 is 2.67 bits per heavy atom. The molecule has 0 unspecified atom stereocenters. The molecule has 0 saturated carbocycles. The van der Waals surface area contributed by atoms with Crippen LogP contribution in [0.4, 0.5) is 0 Å². The molecule has 0 aliphatic carbocycles. The van der Waals surface area contributed by atoms with Crippen LogP contribution in [0.15, 0.2) is 24.5 Å². The molecule has 0 bridgehead atoms. The highest BCUT2D eigenvalue weighted by atomic mass is 16.1. The molecule has 3 nitrogen and oxygen atoms in total. The van der Waals surface area contributed by atoms with Gasteiger partial charge in [-0.3, -0.25) is 9.78 Å². The van der Waals surface area contributed by atoms with Gasteiger partial charge in [-0.2, -0.15) is 0 Å². The summed E-state index contributed by atoms with van der Waals surface area (Å²) in [6, 6.07) is 3.83. The van der Waals surface area contributed by atoms with E-state index < -0.39 is 0 Å². The second-order valence-electron chi connectivity index (χ2n) is 4.02. The number of nitrogens with one attached hydrogen (secondary N) is 1. The largest absolute Gasteiger partial charge is 0.317 e. The van der Waals surface area contributed by atoms with Gasteiger partial charge in [0.1, 0.15) is 5.78 Å². The summed E-state index contributed by atoms with van der Waals surface area (Å²) in [5, 5.41) is 3.27. The minimum Gasteiger partial charge on any atom is -0.317 e. The minimum absolute atomic E-state index is 0.263. The maximum absolute atomic E-state index is 11.9. The van der Waals surface area contributed by atoms with E-state index in [1.54, 1.807) is 12.4 Å². The Bertz CT molecular complexity index is 318. The molecule has 0 radical (unpaired) electrons. The predicted octanol–water partition coefficient (Wildman–Crippen LogP) is 1.19. The molecule has 2 heterocycles. The lowest BCUT2D eigenvalue weighted by Crippen LogP contribution is -2.32. The summed E-state index contributed by atoms with van der Waals surface area (Å²) in [6.45, 7) is 1.96. The molecule has 1 N–H and O–H groups in total. The quantitative estimate of drug-likeness (QED) is 0.804. The molecular weight excluding hydrogens is 188 g/mol. The average Bonchev–Trinajstić information content (AvgIpc) is 2.31. The van der Waals surface area contributed by atoms with Crippen molar-refractivity contribution in [2.24, 2.45) is 5.92 Å². The molecular formula is C12H16N2O. The van der Waals surface area contributed by atoms with Gasteiger partial charge in [0.2, 0.25) is 0 Å². The van der Waals surface area contributed by atoms with Crippen molar-refractivity contribution in [1.82, 2.24) is 10.3 Å². The fourth-order valence-corrected chi connectivity index (χ4v) is 1.99. The summed E-state index contributed by atoms with van der Waals surface area (Å²) in [7, 11) is 0. The Labute approximate surface area is 89.9 Å². The van der Waals surface area contributed by atoms with Gasteiger partial charge in [-0.25, -0.2) is 0 Å². The summed E-state index contributed by atoms with van der Waals surface area (Å²) in [6.07, 6.45) is 6.02. The third-order valence-corrected chi connectivity index (χ3v) is 2.92. The van der Waals surface area contributed by atoms with Crippen LogP contribution < -0.4 is 5.32 Å². The lowest BCUT2D eigenvalue weighted by Gasteiger charge is -2.21. The van der Waals surface area contributed by atoms with Crippen molar-refractivity contribution in [1.29, 1.82) is 0 Å². The second kappa shape index (κ2) is 5.03. The fraction of sp³-hybridized carbons (Fsp3) is 0.500. The number of Topliss-reactive ketones (excluding diaryl/α,β-unsaturated/α-hetero) is 1. The lowest BCUT2D eigenvalue weighted by atomic mass is 9.90. The molecule has 1 aromatic heterocycles. The van der Waals surface area contributed by atoms with Crippen LogP contribution >= 0.6 is 0 Å². The number of nitrogens with zero attached hydrogens (tertiary/aromatic N) is 1.